The summed E-state index contributed by atoms with van der Waals surface area (Å²) in [5.74, 6) is -0.348. The Bertz CT molecular complexity index is 771. The zero-order valence-electron chi connectivity index (χ0n) is 25.6. The first kappa shape index (κ1) is 34.8. The third-order valence-electron chi connectivity index (χ3n) is 6.96. The van der Waals surface area contributed by atoms with E-state index < -0.39 is 23.7 Å². The number of carboxylic acids is 1. The van der Waals surface area contributed by atoms with Crippen LogP contribution in [0.25, 0.3) is 0 Å². The van der Waals surface area contributed by atoms with Crippen molar-refractivity contribution < 1.29 is 24.2 Å². The molecule has 0 saturated carbocycles. The number of hydrogen-bond donors (Lipinski definition) is 1. The largest absolute Gasteiger partial charge is 0.494 e. The molecular formula is C33H57NO5. The van der Waals surface area contributed by atoms with Crippen LogP contribution in [0.3, 0.4) is 0 Å². The van der Waals surface area contributed by atoms with Gasteiger partial charge in [0.2, 0.25) is 0 Å². The van der Waals surface area contributed by atoms with Crippen LogP contribution in [0.2, 0.25) is 0 Å². The minimum Gasteiger partial charge on any atom is -0.494 e. The summed E-state index contributed by atoms with van der Waals surface area (Å²) in [6.45, 7) is 9.96. The number of benzene rings is 1. The number of amides is 1. The third-order valence-corrected chi connectivity index (χ3v) is 6.96. The van der Waals surface area contributed by atoms with Crippen molar-refractivity contribution in [3.63, 3.8) is 0 Å². The van der Waals surface area contributed by atoms with Crippen molar-refractivity contribution >= 4 is 17.7 Å². The normalized spacial score (nSPS) is 12.2. The Hall–Kier alpha value is -2.24. The first-order valence-corrected chi connectivity index (χ1v) is 15.7. The van der Waals surface area contributed by atoms with Crippen LogP contribution in [0.4, 0.5) is 10.5 Å². The van der Waals surface area contributed by atoms with Gasteiger partial charge in [-0.15, -0.1) is 0 Å². The molecule has 0 spiro atoms. The van der Waals surface area contributed by atoms with Gasteiger partial charge in [0.05, 0.1) is 6.61 Å². The van der Waals surface area contributed by atoms with Crippen LogP contribution in [-0.2, 0) is 9.53 Å². The number of anilines is 1. The lowest BCUT2D eigenvalue weighted by atomic mass is 10.0. The Morgan fingerprint density at radius 2 is 1.18 bits per heavy atom. The molecule has 224 valence electrons. The Morgan fingerprint density at radius 1 is 0.744 bits per heavy atom. The Morgan fingerprint density at radius 3 is 1.56 bits per heavy atom. The molecule has 1 atom stereocenters. The monoisotopic (exact) mass is 547 g/mol. The summed E-state index contributed by atoms with van der Waals surface area (Å²) >= 11 is 0. The molecule has 6 heteroatoms. The number of carbonyl (C=O) groups excluding carboxylic acids is 1. The molecule has 0 fully saturated rings. The van der Waals surface area contributed by atoms with Gasteiger partial charge in [-0.2, -0.15) is 0 Å². The van der Waals surface area contributed by atoms with Crippen molar-refractivity contribution in [3.05, 3.63) is 24.3 Å². The maximum absolute atomic E-state index is 12.8. The Kier molecular flexibility index (Phi) is 18.4. The summed E-state index contributed by atoms with van der Waals surface area (Å²) in [5.41, 5.74) is -0.240. The second kappa shape index (κ2) is 20.6. The van der Waals surface area contributed by atoms with Crippen LogP contribution in [0.5, 0.6) is 5.75 Å². The SMILES string of the molecule is CCCCCCCCCCCCCCCCCCOc1ccc(N(C(=O)OC(C)(C)C)C(CC)C(=O)O)cc1. The zero-order chi connectivity index (χ0) is 28.9. The summed E-state index contributed by atoms with van der Waals surface area (Å²) in [6.07, 6.45) is 21.0. The lowest BCUT2D eigenvalue weighted by molar-refractivity contribution is -0.138. The fourth-order valence-electron chi connectivity index (χ4n) is 4.73. The van der Waals surface area contributed by atoms with Crippen molar-refractivity contribution in [2.24, 2.45) is 0 Å². The van der Waals surface area contributed by atoms with E-state index in [4.69, 9.17) is 9.47 Å². The maximum Gasteiger partial charge on any atom is 0.415 e. The quantitative estimate of drug-likeness (QED) is 0.146. The molecule has 0 bridgehead atoms. The number of aliphatic carboxylic acids is 1. The Labute approximate surface area is 238 Å². The highest BCUT2D eigenvalue weighted by atomic mass is 16.6. The van der Waals surface area contributed by atoms with Crippen LogP contribution < -0.4 is 9.64 Å². The molecule has 1 unspecified atom stereocenters. The van der Waals surface area contributed by atoms with E-state index in [2.05, 4.69) is 6.92 Å². The minimum absolute atomic E-state index is 0.270. The average Bonchev–Trinajstić information content (AvgIpc) is 2.88. The van der Waals surface area contributed by atoms with E-state index in [9.17, 15) is 14.7 Å². The standard InChI is InChI=1S/C33H57NO5/c1-6-8-9-10-11-12-13-14-15-16-17-18-19-20-21-22-27-38-29-25-23-28(24-26-29)34(30(7-2)31(35)36)32(37)39-33(3,4)5/h23-26,30H,6-22,27H2,1-5H3,(H,35,36). The van der Waals surface area contributed by atoms with E-state index >= 15 is 0 Å². The summed E-state index contributed by atoms with van der Waals surface area (Å²) in [5, 5.41) is 9.65. The molecular weight excluding hydrogens is 490 g/mol. The third kappa shape index (κ3) is 16.5. The van der Waals surface area contributed by atoms with E-state index in [0.29, 0.717) is 18.0 Å². The lowest BCUT2D eigenvalue weighted by Gasteiger charge is -2.31. The van der Waals surface area contributed by atoms with Gasteiger partial charge in [-0.25, -0.2) is 9.59 Å². The van der Waals surface area contributed by atoms with Gasteiger partial charge in [0, 0.05) is 5.69 Å². The van der Waals surface area contributed by atoms with Gasteiger partial charge in [-0.05, 0) is 57.9 Å². The molecule has 0 aliphatic heterocycles. The van der Waals surface area contributed by atoms with E-state index in [1.807, 2.05) is 0 Å². The summed E-state index contributed by atoms with van der Waals surface area (Å²) in [6, 6.07) is 6.01. The van der Waals surface area contributed by atoms with E-state index in [1.165, 1.54) is 101 Å². The average molecular weight is 548 g/mol. The maximum atomic E-state index is 12.8. The van der Waals surface area contributed by atoms with Crippen LogP contribution in [0.15, 0.2) is 24.3 Å². The van der Waals surface area contributed by atoms with Crippen molar-refractivity contribution in [2.45, 2.75) is 155 Å². The van der Waals surface area contributed by atoms with Crippen LogP contribution in [-0.4, -0.2) is 35.4 Å². The minimum atomic E-state index is -1.06. The van der Waals surface area contributed by atoms with Crippen molar-refractivity contribution in [1.82, 2.24) is 0 Å². The number of carboxylic acid groups (broad SMARTS) is 1. The molecule has 39 heavy (non-hydrogen) atoms. The highest BCUT2D eigenvalue weighted by Crippen LogP contribution is 2.25. The smallest absolute Gasteiger partial charge is 0.415 e. The molecule has 0 aliphatic rings. The molecule has 1 aromatic rings. The highest BCUT2D eigenvalue weighted by Gasteiger charge is 2.33. The summed E-state index contributed by atoms with van der Waals surface area (Å²) < 4.78 is 11.4. The van der Waals surface area contributed by atoms with E-state index in [-0.39, 0.29) is 6.42 Å². The van der Waals surface area contributed by atoms with Crippen LogP contribution in [0, 0.1) is 0 Å². The molecule has 1 N–H and O–H groups in total. The van der Waals surface area contributed by atoms with Gasteiger partial charge in [0.1, 0.15) is 17.4 Å². The van der Waals surface area contributed by atoms with E-state index in [0.717, 1.165) is 6.42 Å². The van der Waals surface area contributed by atoms with Gasteiger partial charge in [0.15, 0.2) is 0 Å². The first-order valence-electron chi connectivity index (χ1n) is 15.7. The number of ether oxygens (including phenoxy) is 2. The zero-order valence-corrected chi connectivity index (χ0v) is 25.6. The van der Waals surface area contributed by atoms with Crippen LogP contribution >= 0.6 is 0 Å². The number of hydrogen-bond acceptors (Lipinski definition) is 4. The summed E-state index contributed by atoms with van der Waals surface area (Å²) in [7, 11) is 0. The van der Waals surface area contributed by atoms with Gasteiger partial charge in [0.25, 0.3) is 0 Å². The summed E-state index contributed by atoms with van der Waals surface area (Å²) in [4.78, 5) is 25.8. The fraction of sp³-hybridized carbons (Fsp3) is 0.758. The molecule has 0 aliphatic carbocycles. The highest BCUT2D eigenvalue weighted by molar-refractivity contribution is 5.95. The topological polar surface area (TPSA) is 76.1 Å². The molecule has 6 nitrogen and oxygen atoms in total. The molecule has 0 heterocycles. The van der Waals surface area contributed by atoms with Crippen molar-refractivity contribution in [1.29, 1.82) is 0 Å². The predicted octanol–water partition coefficient (Wildman–Crippen LogP) is 9.93. The van der Waals surface area contributed by atoms with Gasteiger partial charge in [-0.3, -0.25) is 4.90 Å². The van der Waals surface area contributed by atoms with Crippen LogP contribution in [0.1, 0.15) is 144 Å². The lowest BCUT2D eigenvalue weighted by Crippen LogP contribution is -2.47. The molecule has 1 aromatic carbocycles. The number of carbonyl (C=O) groups is 2. The van der Waals surface area contributed by atoms with Gasteiger partial charge >= 0.3 is 12.1 Å². The molecule has 1 amide bonds. The molecule has 0 radical (unpaired) electrons. The van der Waals surface area contributed by atoms with Crippen molar-refractivity contribution in [2.75, 3.05) is 11.5 Å². The molecule has 0 saturated heterocycles. The van der Waals surface area contributed by atoms with Gasteiger partial charge in [-0.1, -0.05) is 110 Å². The van der Waals surface area contributed by atoms with E-state index in [1.54, 1.807) is 52.0 Å². The molecule has 0 aromatic heterocycles. The number of rotatable bonds is 22. The number of unbranched alkanes of at least 4 members (excludes halogenated alkanes) is 15. The number of nitrogens with zero attached hydrogens (tertiary/aromatic N) is 1. The fourth-order valence-corrected chi connectivity index (χ4v) is 4.73. The van der Waals surface area contributed by atoms with Gasteiger partial charge < -0.3 is 14.6 Å². The first-order chi connectivity index (χ1) is 18.7. The molecule has 1 rings (SSSR count). The second-order valence-electron chi connectivity index (χ2n) is 11.8. The van der Waals surface area contributed by atoms with Crippen molar-refractivity contribution in [3.8, 4) is 5.75 Å². The Balaban J connectivity index is 2.23. The second-order valence-corrected chi connectivity index (χ2v) is 11.8. The predicted molar refractivity (Wildman–Crippen MR) is 162 cm³/mol.